The van der Waals surface area contributed by atoms with Crippen LogP contribution in [0.4, 0.5) is 4.39 Å². The third-order valence-corrected chi connectivity index (χ3v) is 1.83. The Labute approximate surface area is 85.2 Å². The van der Waals surface area contributed by atoms with Crippen LogP contribution in [0.2, 0.25) is 0 Å². The van der Waals surface area contributed by atoms with E-state index >= 15 is 0 Å². The first kappa shape index (κ1) is 13.4. The molecule has 1 aliphatic rings. The number of hydrogen-bond donors (Lipinski definition) is 0. The van der Waals surface area contributed by atoms with Gasteiger partial charge in [-0.2, -0.15) is 0 Å². The lowest BCUT2D eigenvalue weighted by Gasteiger charge is -2.39. The molecule has 1 rings (SSSR count). The molecule has 1 fully saturated rings. The van der Waals surface area contributed by atoms with Gasteiger partial charge >= 0.3 is 0 Å². The highest BCUT2D eigenvalue weighted by molar-refractivity contribution is 5.49. The molecule has 0 aliphatic carbocycles. The zero-order chi connectivity index (χ0) is 11.4. The van der Waals surface area contributed by atoms with Crippen molar-refractivity contribution >= 4 is 6.41 Å². The summed E-state index contributed by atoms with van der Waals surface area (Å²) in [4.78, 5) is 11.2. The van der Waals surface area contributed by atoms with E-state index < -0.39 is 5.67 Å². The van der Waals surface area contributed by atoms with Gasteiger partial charge in [0.2, 0.25) is 6.41 Å². The van der Waals surface area contributed by atoms with Crippen LogP contribution in [0.5, 0.6) is 0 Å². The van der Waals surface area contributed by atoms with Crippen LogP contribution in [0.1, 0.15) is 27.7 Å². The SMILES string of the molecule is CC1(F)CN(C=O)C1.COC(C)(C)C. The number of carbonyl (C=O) groups excluding carboxylic acids is 1. The number of amides is 1. The van der Waals surface area contributed by atoms with E-state index in [-0.39, 0.29) is 18.7 Å². The Bertz CT molecular complexity index is 179. The topological polar surface area (TPSA) is 29.5 Å². The Morgan fingerprint density at radius 1 is 1.43 bits per heavy atom. The largest absolute Gasteiger partial charge is 0.379 e. The maximum absolute atomic E-state index is 12.4. The van der Waals surface area contributed by atoms with Crippen LogP contribution in [0, 0.1) is 0 Å². The molecule has 14 heavy (non-hydrogen) atoms. The lowest BCUT2D eigenvalue weighted by molar-refractivity contribution is -0.129. The van der Waals surface area contributed by atoms with Crippen LogP contribution in [0.15, 0.2) is 0 Å². The van der Waals surface area contributed by atoms with Crippen molar-refractivity contribution in [1.82, 2.24) is 4.90 Å². The number of nitrogens with zero attached hydrogens (tertiary/aromatic N) is 1. The van der Waals surface area contributed by atoms with E-state index in [4.69, 9.17) is 4.74 Å². The lowest BCUT2D eigenvalue weighted by atomic mass is 10.0. The molecule has 1 heterocycles. The number of ether oxygens (including phenoxy) is 1. The fourth-order valence-electron chi connectivity index (χ4n) is 0.875. The Hall–Kier alpha value is -0.640. The quantitative estimate of drug-likeness (QED) is 0.609. The summed E-state index contributed by atoms with van der Waals surface area (Å²) < 4.78 is 17.4. The van der Waals surface area contributed by atoms with Crippen LogP contribution < -0.4 is 0 Å². The Kier molecular flexibility index (Phi) is 4.52. The molecule has 4 heteroatoms. The molecule has 0 saturated carbocycles. The van der Waals surface area contributed by atoms with E-state index in [1.165, 1.54) is 11.8 Å². The zero-order valence-corrected chi connectivity index (χ0v) is 9.63. The van der Waals surface area contributed by atoms with Crippen molar-refractivity contribution < 1.29 is 13.9 Å². The molecule has 1 aliphatic heterocycles. The van der Waals surface area contributed by atoms with Gasteiger partial charge in [0.05, 0.1) is 18.7 Å². The van der Waals surface area contributed by atoms with Gasteiger partial charge in [-0.3, -0.25) is 4.79 Å². The van der Waals surface area contributed by atoms with E-state index in [9.17, 15) is 9.18 Å². The van der Waals surface area contributed by atoms with Crippen molar-refractivity contribution in [2.75, 3.05) is 20.2 Å². The molecule has 1 amide bonds. The molecular weight excluding hydrogens is 185 g/mol. The number of halogens is 1. The molecule has 0 N–H and O–H groups in total. The smallest absolute Gasteiger partial charge is 0.209 e. The molecule has 1 saturated heterocycles. The van der Waals surface area contributed by atoms with Gasteiger partial charge in [0.15, 0.2) is 0 Å². The first-order valence-electron chi connectivity index (χ1n) is 4.63. The summed E-state index contributed by atoms with van der Waals surface area (Å²) in [7, 11) is 1.71. The molecule has 0 bridgehead atoms. The predicted octanol–water partition coefficient (Wildman–Crippen LogP) is 1.62. The summed E-state index contributed by atoms with van der Waals surface area (Å²) in [5.41, 5.74) is -1.07. The third kappa shape index (κ3) is 5.91. The molecule has 0 aromatic carbocycles. The molecule has 0 radical (unpaired) electrons. The van der Waals surface area contributed by atoms with Crippen LogP contribution in [0.25, 0.3) is 0 Å². The van der Waals surface area contributed by atoms with Gasteiger partial charge in [-0.1, -0.05) is 0 Å². The number of rotatable bonds is 1. The summed E-state index contributed by atoms with van der Waals surface area (Å²) in [6.45, 7) is 8.08. The van der Waals surface area contributed by atoms with Gasteiger partial charge < -0.3 is 9.64 Å². The normalized spacial score (nSPS) is 19.1. The van der Waals surface area contributed by atoms with Crippen LogP contribution in [-0.4, -0.2) is 42.8 Å². The predicted molar refractivity (Wildman–Crippen MR) is 53.9 cm³/mol. The van der Waals surface area contributed by atoms with Crippen LogP contribution in [-0.2, 0) is 9.53 Å². The highest BCUT2D eigenvalue weighted by Crippen LogP contribution is 2.21. The number of carbonyl (C=O) groups is 1. The molecule has 3 nitrogen and oxygen atoms in total. The maximum atomic E-state index is 12.4. The van der Waals surface area contributed by atoms with Crippen LogP contribution >= 0.6 is 0 Å². The van der Waals surface area contributed by atoms with Gasteiger partial charge in [-0.25, -0.2) is 4.39 Å². The number of alkyl halides is 1. The van der Waals surface area contributed by atoms with Gasteiger partial charge in [0.25, 0.3) is 0 Å². The van der Waals surface area contributed by atoms with Gasteiger partial charge in [0.1, 0.15) is 5.67 Å². The van der Waals surface area contributed by atoms with Crippen molar-refractivity contribution in [3.05, 3.63) is 0 Å². The molecule has 0 atom stereocenters. The summed E-state index contributed by atoms with van der Waals surface area (Å²) in [5.74, 6) is 0. The fraction of sp³-hybridized carbons (Fsp3) is 0.900. The average Bonchev–Trinajstić information content (AvgIpc) is 1.99. The highest BCUT2D eigenvalue weighted by Gasteiger charge is 2.37. The molecular formula is C10H20FNO2. The lowest BCUT2D eigenvalue weighted by Crippen LogP contribution is -2.56. The second kappa shape index (κ2) is 4.73. The van der Waals surface area contributed by atoms with Gasteiger partial charge in [-0.15, -0.1) is 0 Å². The average molecular weight is 205 g/mol. The Morgan fingerprint density at radius 2 is 1.79 bits per heavy atom. The van der Waals surface area contributed by atoms with Crippen molar-refractivity contribution in [1.29, 1.82) is 0 Å². The number of hydrogen-bond acceptors (Lipinski definition) is 2. The first-order valence-corrected chi connectivity index (χ1v) is 4.63. The second-order valence-electron chi connectivity index (χ2n) is 4.74. The maximum Gasteiger partial charge on any atom is 0.209 e. The fourth-order valence-corrected chi connectivity index (χ4v) is 0.875. The highest BCUT2D eigenvalue weighted by atomic mass is 19.1. The van der Waals surface area contributed by atoms with Crippen LogP contribution in [0.3, 0.4) is 0 Å². The van der Waals surface area contributed by atoms with Crippen molar-refractivity contribution in [3.63, 3.8) is 0 Å². The van der Waals surface area contributed by atoms with E-state index in [0.717, 1.165) is 0 Å². The van der Waals surface area contributed by atoms with E-state index in [1.54, 1.807) is 7.11 Å². The zero-order valence-electron chi connectivity index (χ0n) is 9.63. The Balaban J connectivity index is 0.000000255. The summed E-state index contributed by atoms with van der Waals surface area (Å²) in [6, 6.07) is 0. The Morgan fingerprint density at radius 3 is 1.86 bits per heavy atom. The number of likely N-dealkylation sites (tertiary alicyclic amines) is 1. The monoisotopic (exact) mass is 205 g/mol. The van der Waals surface area contributed by atoms with E-state index in [0.29, 0.717) is 6.41 Å². The van der Waals surface area contributed by atoms with E-state index in [1.807, 2.05) is 20.8 Å². The van der Waals surface area contributed by atoms with E-state index in [2.05, 4.69) is 0 Å². The minimum atomic E-state index is -1.11. The van der Waals surface area contributed by atoms with Gasteiger partial charge in [0, 0.05) is 7.11 Å². The molecule has 0 aromatic rings. The summed E-state index contributed by atoms with van der Waals surface area (Å²) in [6.07, 6.45) is 0.668. The van der Waals surface area contributed by atoms with Crippen molar-refractivity contribution in [3.8, 4) is 0 Å². The summed E-state index contributed by atoms with van der Waals surface area (Å²) in [5, 5.41) is 0. The third-order valence-electron chi connectivity index (χ3n) is 1.83. The second-order valence-corrected chi connectivity index (χ2v) is 4.74. The minimum absolute atomic E-state index is 0.0417. The standard InChI is InChI=1S/C5H8FNO.C5H12O/c1-5(6)2-7(3-5)4-8;1-5(2,3)6-4/h4H,2-3H2,1H3;1-4H3. The minimum Gasteiger partial charge on any atom is -0.379 e. The summed E-state index contributed by atoms with van der Waals surface area (Å²) >= 11 is 0. The molecule has 84 valence electrons. The molecule has 0 spiro atoms. The van der Waals surface area contributed by atoms with Gasteiger partial charge in [-0.05, 0) is 27.7 Å². The molecule has 0 unspecified atom stereocenters. The van der Waals surface area contributed by atoms with Crippen molar-refractivity contribution in [2.24, 2.45) is 0 Å². The first-order chi connectivity index (χ1) is 6.20. The van der Waals surface area contributed by atoms with Crippen molar-refractivity contribution in [2.45, 2.75) is 39.0 Å². The molecule has 0 aromatic heterocycles. The number of methoxy groups -OCH3 is 1.